The summed E-state index contributed by atoms with van der Waals surface area (Å²) >= 11 is 0. The summed E-state index contributed by atoms with van der Waals surface area (Å²) in [5.74, 6) is -0.176. The van der Waals surface area contributed by atoms with Crippen molar-refractivity contribution in [2.45, 2.75) is 45.6 Å². The summed E-state index contributed by atoms with van der Waals surface area (Å²) in [5, 5.41) is 0. The van der Waals surface area contributed by atoms with E-state index in [0.717, 1.165) is 11.6 Å². The zero-order valence-corrected chi connectivity index (χ0v) is 19.4. The molecule has 0 aliphatic carbocycles. The number of carbonyl (C=O) groups is 1. The number of nitrogens with zero attached hydrogens (tertiary/aromatic N) is 1. The first-order valence-electron chi connectivity index (χ1n) is 10.2. The molecule has 0 aromatic heterocycles. The molecule has 170 valence electrons. The van der Waals surface area contributed by atoms with E-state index in [1.54, 1.807) is 17.0 Å². The van der Waals surface area contributed by atoms with Crippen molar-refractivity contribution in [3.63, 3.8) is 0 Å². The van der Waals surface area contributed by atoms with Gasteiger partial charge in [0.1, 0.15) is 10.6 Å². The Hall–Kier alpha value is -2.61. The maximum Gasteiger partial charge on any atom is 0.339 e. The number of hydrogen-bond acceptors (Lipinski definition) is 5. The van der Waals surface area contributed by atoms with Crippen LogP contribution in [-0.4, -0.2) is 32.9 Å². The molecule has 0 radical (unpaired) electrons. The lowest BCUT2D eigenvalue weighted by Crippen LogP contribution is -2.34. The standard InChI is InChI=1S/C23H30FNO5S/c1-16(2)11-23(26)25(14-17(3)4)15-18-7-6-8-19(12-18)30-31(27,28)20-9-10-22(29-5)21(24)13-20/h6-10,12-13,16-17H,11,14-15H2,1-5H3. The summed E-state index contributed by atoms with van der Waals surface area (Å²) in [5.41, 5.74) is 0.742. The number of methoxy groups -OCH3 is 1. The second-order valence-electron chi connectivity index (χ2n) is 8.25. The molecule has 0 aliphatic heterocycles. The summed E-state index contributed by atoms with van der Waals surface area (Å²) in [6.07, 6.45) is 0.445. The molecule has 1 amide bonds. The highest BCUT2D eigenvalue weighted by Crippen LogP contribution is 2.25. The Balaban J connectivity index is 2.21. The van der Waals surface area contributed by atoms with Gasteiger partial charge in [-0.3, -0.25) is 4.79 Å². The van der Waals surface area contributed by atoms with Crippen LogP contribution in [0.15, 0.2) is 47.4 Å². The van der Waals surface area contributed by atoms with Gasteiger partial charge in [0.25, 0.3) is 0 Å². The second-order valence-corrected chi connectivity index (χ2v) is 9.79. The van der Waals surface area contributed by atoms with Gasteiger partial charge in [0.15, 0.2) is 11.6 Å². The smallest absolute Gasteiger partial charge is 0.339 e. The number of halogens is 1. The molecule has 0 fully saturated rings. The monoisotopic (exact) mass is 451 g/mol. The molecule has 0 saturated carbocycles. The molecule has 2 aromatic rings. The SMILES string of the molecule is COc1ccc(S(=O)(=O)Oc2cccc(CN(CC(C)C)C(=O)CC(C)C)c2)cc1F. The molecule has 2 aromatic carbocycles. The first kappa shape index (κ1) is 24.7. The Kier molecular flexibility index (Phi) is 8.44. The predicted octanol–water partition coefficient (Wildman–Crippen LogP) is 4.63. The fraction of sp³-hybridized carbons (Fsp3) is 0.435. The molecule has 8 heteroatoms. The predicted molar refractivity (Wildman–Crippen MR) is 117 cm³/mol. The van der Waals surface area contributed by atoms with Gasteiger partial charge in [-0.25, -0.2) is 4.39 Å². The van der Waals surface area contributed by atoms with E-state index in [4.69, 9.17) is 8.92 Å². The Bertz CT molecular complexity index is 1000. The number of benzene rings is 2. The molecule has 0 bridgehead atoms. The largest absolute Gasteiger partial charge is 0.494 e. The Morgan fingerprint density at radius 2 is 1.77 bits per heavy atom. The zero-order valence-electron chi connectivity index (χ0n) is 18.6. The van der Waals surface area contributed by atoms with Crippen LogP contribution in [0.2, 0.25) is 0 Å². The zero-order chi connectivity index (χ0) is 23.2. The van der Waals surface area contributed by atoms with Crippen LogP contribution in [-0.2, 0) is 21.5 Å². The van der Waals surface area contributed by atoms with E-state index in [-0.39, 0.29) is 28.2 Å². The van der Waals surface area contributed by atoms with Gasteiger partial charge < -0.3 is 13.8 Å². The van der Waals surface area contributed by atoms with Gasteiger partial charge in [-0.1, -0.05) is 39.8 Å². The van der Waals surface area contributed by atoms with E-state index < -0.39 is 15.9 Å². The van der Waals surface area contributed by atoms with Crippen molar-refractivity contribution >= 4 is 16.0 Å². The van der Waals surface area contributed by atoms with E-state index >= 15 is 0 Å². The molecule has 6 nitrogen and oxygen atoms in total. The molecule has 0 unspecified atom stereocenters. The maximum atomic E-state index is 13.9. The third-order valence-electron chi connectivity index (χ3n) is 4.41. The van der Waals surface area contributed by atoms with Crippen LogP contribution in [0, 0.1) is 17.7 Å². The van der Waals surface area contributed by atoms with E-state index in [1.165, 1.54) is 25.3 Å². The molecule has 31 heavy (non-hydrogen) atoms. The maximum absolute atomic E-state index is 13.9. The van der Waals surface area contributed by atoms with Crippen LogP contribution >= 0.6 is 0 Å². The Labute approximate surface area is 184 Å². The fourth-order valence-corrected chi connectivity index (χ4v) is 4.00. The molecule has 0 spiro atoms. The van der Waals surface area contributed by atoms with Crippen molar-refractivity contribution in [2.24, 2.45) is 11.8 Å². The van der Waals surface area contributed by atoms with Crippen LogP contribution in [0.5, 0.6) is 11.5 Å². The molecule has 0 N–H and O–H groups in total. The highest BCUT2D eigenvalue weighted by atomic mass is 32.2. The topological polar surface area (TPSA) is 72.9 Å². The van der Waals surface area contributed by atoms with Gasteiger partial charge >= 0.3 is 10.1 Å². The first-order chi connectivity index (χ1) is 14.5. The third kappa shape index (κ3) is 7.24. The number of amides is 1. The summed E-state index contributed by atoms with van der Waals surface area (Å²) in [4.78, 5) is 14.1. The van der Waals surface area contributed by atoms with Crippen LogP contribution in [0.3, 0.4) is 0 Å². The van der Waals surface area contributed by atoms with Crippen molar-refractivity contribution in [3.05, 3.63) is 53.8 Å². The van der Waals surface area contributed by atoms with Crippen molar-refractivity contribution in [1.29, 1.82) is 0 Å². The van der Waals surface area contributed by atoms with Gasteiger partial charge in [-0.05, 0) is 47.7 Å². The minimum Gasteiger partial charge on any atom is -0.494 e. The van der Waals surface area contributed by atoms with E-state index in [9.17, 15) is 17.6 Å². The first-order valence-corrected chi connectivity index (χ1v) is 11.6. The number of ether oxygens (including phenoxy) is 1. The number of hydrogen-bond donors (Lipinski definition) is 0. The summed E-state index contributed by atoms with van der Waals surface area (Å²) < 4.78 is 49.1. The van der Waals surface area contributed by atoms with Crippen LogP contribution < -0.4 is 8.92 Å². The normalized spacial score (nSPS) is 11.6. The lowest BCUT2D eigenvalue weighted by Gasteiger charge is -2.26. The fourth-order valence-electron chi connectivity index (χ4n) is 3.07. The molecule has 0 heterocycles. The number of rotatable bonds is 10. The van der Waals surface area contributed by atoms with Gasteiger partial charge in [0.05, 0.1) is 7.11 Å². The molecular weight excluding hydrogens is 421 g/mol. The van der Waals surface area contributed by atoms with Crippen molar-refractivity contribution in [1.82, 2.24) is 4.90 Å². The van der Waals surface area contributed by atoms with E-state index in [2.05, 4.69) is 0 Å². The minimum absolute atomic E-state index is 0.0522. The summed E-state index contributed by atoms with van der Waals surface area (Å²) in [6, 6.07) is 9.85. The summed E-state index contributed by atoms with van der Waals surface area (Å²) in [7, 11) is -2.94. The van der Waals surface area contributed by atoms with Crippen molar-refractivity contribution < 1.29 is 26.5 Å². The molecule has 0 saturated heterocycles. The van der Waals surface area contributed by atoms with Gasteiger partial charge in [-0.2, -0.15) is 8.42 Å². The van der Waals surface area contributed by atoms with Crippen LogP contribution in [0.4, 0.5) is 4.39 Å². The number of carbonyl (C=O) groups excluding carboxylic acids is 1. The van der Waals surface area contributed by atoms with Crippen LogP contribution in [0.1, 0.15) is 39.7 Å². The van der Waals surface area contributed by atoms with Crippen molar-refractivity contribution in [2.75, 3.05) is 13.7 Å². The molecular formula is C23H30FNO5S. The average molecular weight is 452 g/mol. The lowest BCUT2D eigenvalue weighted by atomic mass is 10.1. The van der Waals surface area contributed by atoms with Crippen LogP contribution in [0.25, 0.3) is 0 Å². The molecule has 0 atom stereocenters. The quantitative estimate of drug-likeness (QED) is 0.493. The highest BCUT2D eigenvalue weighted by Gasteiger charge is 2.20. The average Bonchev–Trinajstić information content (AvgIpc) is 2.66. The molecule has 0 aliphatic rings. The van der Waals surface area contributed by atoms with Gasteiger partial charge in [0, 0.05) is 19.5 Å². The second kappa shape index (κ2) is 10.6. The third-order valence-corrected chi connectivity index (χ3v) is 5.65. The van der Waals surface area contributed by atoms with Gasteiger partial charge in [0.2, 0.25) is 5.91 Å². The highest BCUT2D eigenvalue weighted by molar-refractivity contribution is 7.87. The van der Waals surface area contributed by atoms with E-state index in [1.807, 2.05) is 33.8 Å². The van der Waals surface area contributed by atoms with E-state index in [0.29, 0.717) is 25.4 Å². The Morgan fingerprint density at radius 3 is 2.35 bits per heavy atom. The minimum atomic E-state index is -4.23. The van der Waals surface area contributed by atoms with Crippen molar-refractivity contribution in [3.8, 4) is 11.5 Å². The lowest BCUT2D eigenvalue weighted by molar-refractivity contribution is -0.133. The summed E-state index contributed by atoms with van der Waals surface area (Å²) in [6.45, 7) is 9.00. The molecule has 2 rings (SSSR count). The van der Waals surface area contributed by atoms with Gasteiger partial charge in [-0.15, -0.1) is 0 Å². The Morgan fingerprint density at radius 1 is 1.06 bits per heavy atom.